The van der Waals surface area contributed by atoms with Gasteiger partial charge in [0, 0.05) is 0 Å². The molecule has 0 amide bonds. The van der Waals surface area contributed by atoms with Crippen molar-refractivity contribution >= 4 is 5.97 Å². The molecule has 0 spiro atoms. The Hall–Kier alpha value is -1.57. The number of ether oxygens (including phenoxy) is 1. The first-order chi connectivity index (χ1) is 8.69. The summed E-state index contributed by atoms with van der Waals surface area (Å²) in [5, 5.41) is 8.89. The summed E-state index contributed by atoms with van der Waals surface area (Å²) in [5.74, 6) is -1.67. The molecule has 0 unspecified atom stereocenters. The fourth-order valence-electron chi connectivity index (χ4n) is 1.41. The van der Waals surface area contributed by atoms with Gasteiger partial charge in [-0.1, -0.05) is 13.8 Å². The lowest BCUT2D eigenvalue weighted by atomic mass is 10.1. The van der Waals surface area contributed by atoms with Gasteiger partial charge in [0.15, 0.2) is 0 Å². The number of rotatable bonds is 6. The minimum Gasteiger partial charge on any atom is -0.475 e. The highest BCUT2D eigenvalue weighted by atomic mass is 19.4. The van der Waals surface area contributed by atoms with Crippen LogP contribution < -0.4 is 0 Å². The first kappa shape index (κ1) is 15.5. The molecule has 19 heavy (non-hydrogen) atoms. The van der Waals surface area contributed by atoms with Crippen molar-refractivity contribution in [3.8, 4) is 0 Å². The molecule has 0 aliphatic heterocycles. The number of alkyl halides is 3. The van der Waals surface area contributed by atoms with Gasteiger partial charge in [0.25, 0.3) is 0 Å². The summed E-state index contributed by atoms with van der Waals surface area (Å²) in [4.78, 5) is 14.7. The van der Waals surface area contributed by atoms with E-state index in [0.29, 0.717) is 6.42 Å². The summed E-state index contributed by atoms with van der Waals surface area (Å²) >= 11 is 0. The number of hydrogen-bond donors (Lipinski definition) is 1. The minimum atomic E-state index is -4.44. The Bertz CT molecular complexity index is 440. The maximum absolute atomic E-state index is 11.9. The van der Waals surface area contributed by atoms with Crippen LogP contribution in [0.2, 0.25) is 0 Å². The Labute approximate surface area is 107 Å². The van der Waals surface area contributed by atoms with Crippen LogP contribution in [0.4, 0.5) is 13.2 Å². The van der Waals surface area contributed by atoms with Gasteiger partial charge in [-0.2, -0.15) is 13.2 Å². The van der Waals surface area contributed by atoms with Crippen molar-refractivity contribution in [3.63, 3.8) is 0 Å². The molecule has 1 rings (SSSR count). The van der Waals surface area contributed by atoms with Crippen LogP contribution in [-0.4, -0.2) is 28.8 Å². The fourth-order valence-corrected chi connectivity index (χ4v) is 1.41. The van der Waals surface area contributed by atoms with Crippen LogP contribution in [-0.2, 0) is 17.8 Å². The largest absolute Gasteiger partial charge is 0.475 e. The Kier molecular flexibility index (Phi) is 4.93. The number of carbonyl (C=O) groups is 1. The molecule has 0 atom stereocenters. The van der Waals surface area contributed by atoms with Crippen molar-refractivity contribution in [3.05, 3.63) is 17.3 Å². The van der Waals surface area contributed by atoms with Gasteiger partial charge in [-0.05, 0) is 12.3 Å². The van der Waals surface area contributed by atoms with Crippen molar-refractivity contribution in [2.24, 2.45) is 5.92 Å². The lowest BCUT2D eigenvalue weighted by Crippen LogP contribution is -2.16. The molecule has 0 saturated heterocycles. The van der Waals surface area contributed by atoms with E-state index < -0.39 is 25.4 Å². The van der Waals surface area contributed by atoms with Crippen molar-refractivity contribution in [2.45, 2.75) is 33.1 Å². The van der Waals surface area contributed by atoms with Crippen molar-refractivity contribution < 1.29 is 32.2 Å². The molecule has 108 valence electrons. The van der Waals surface area contributed by atoms with E-state index in [9.17, 15) is 18.0 Å². The van der Waals surface area contributed by atoms with E-state index in [2.05, 4.69) is 9.72 Å². The van der Waals surface area contributed by atoms with E-state index >= 15 is 0 Å². The molecule has 1 aromatic heterocycles. The smallest absolute Gasteiger partial charge is 0.411 e. The van der Waals surface area contributed by atoms with Crippen molar-refractivity contribution in [1.29, 1.82) is 0 Å². The highest BCUT2D eigenvalue weighted by Crippen LogP contribution is 2.18. The van der Waals surface area contributed by atoms with E-state index in [1.54, 1.807) is 0 Å². The van der Waals surface area contributed by atoms with Crippen LogP contribution in [0.5, 0.6) is 0 Å². The first-order valence-corrected chi connectivity index (χ1v) is 5.55. The highest BCUT2D eigenvalue weighted by Gasteiger charge is 2.28. The van der Waals surface area contributed by atoms with Gasteiger partial charge in [-0.15, -0.1) is 0 Å². The van der Waals surface area contributed by atoms with E-state index in [-0.39, 0.29) is 23.3 Å². The van der Waals surface area contributed by atoms with Gasteiger partial charge < -0.3 is 14.3 Å². The molecule has 0 fully saturated rings. The molecular weight excluding hydrogens is 267 g/mol. The minimum absolute atomic E-state index is 0.146. The third kappa shape index (κ3) is 5.29. The second-order valence-electron chi connectivity index (χ2n) is 4.39. The predicted molar refractivity (Wildman–Crippen MR) is 57.7 cm³/mol. The monoisotopic (exact) mass is 281 g/mol. The average Bonchev–Trinajstić information content (AvgIpc) is 2.58. The van der Waals surface area contributed by atoms with Crippen molar-refractivity contribution in [1.82, 2.24) is 4.98 Å². The number of halogens is 3. The number of oxazole rings is 1. The Morgan fingerprint density at radius 3 is 2.58 bits per heavy atom. The molecule has 0 aliphatic rings. The molecule has 1 N–H and O–H groups in total. The molecule has 0 radical (unpaired) electrons. The maximum atomic E-state index is 11.9. The molecule has 5 nitrogen and oxygen atoms in total. The van der Waals surface area contributed by atoms with Gasteiger partial charge in [-0.3, -0.25) is 0 Å². The topological polar surface area (TPSA) is 72.6 Å². The van der Waals surface area contributed by atoms with Crippen LogP contribution in [0.25, 0.3) is 0 Å². The van der Waals surface area contributed by atoms with Gasteiger partial charge >= 0.3 is 12.1 Å². The molecule has 1 aromatic rings. The second kappa shape index (κ2) is 6.05. The number of nitrogens with zero attached hydrogens (tertiary/aromatic N) is 1. The SMILES string of the molecule is CC(C)Cc1nc(COCC(F)(F)F)oc1C(=O)O. The van der Waals surface area contributed by atoms with Gasteiger partial charge in [0.05, 0.1) is 5.69 Å². The van der Waals surface area contributed by atoms with Crippen molar-refractivity contribution in [2.75, 3.05) is 6.61 Å². The molecular formula is C11H14F3NO4. The average molecular weight is 281 g/mol. The summed E-state index contributed by atoms with van der Waals surface area (Å²) < 4.78 is 44.9. The zero-order chi connectivity index (χ0) is 14.6. The normalized spacial score (nSPS) is 12.1. The molecule has 1 heterocycles. The predicted octanol–water partition coefficient (Wildman–Crippen LogP) is 2.65. The molecule has 8 heteroatoms. The standard InChI is InChI=1S/C11H14F3NO4/c1-6(2)3-7-9(10(16)17)19-8(15-7)4-18-5-11(12,13)14/h6H,3-5H2,1-2H3,(H,16,17). The number of carboxylic acid groups (broad SMARTS) is 1. The first-order valence-electron chi connectivity index (χ1n) is 5.55. The second-order valence-corrected chi connectivity index (χ2v) is 4.39. The number of aromatic nitrogens is 1. The van der Waals surface area contributed by atoms with Crippen LogP contribution in [0.15, 0.2) is 4.42 Å². The summed E-state index contributed by atoms with van der Waals surface area (Å²) in [7, 11) is 0. The summed E-state index contributed by atoms with van der Waals surface area (Å²) in [6.07, 6.45) is -4.08. The number of hydrogen-bond acceptors (Lipinski definition) is 4. The lowest BCUT2D eigenvalue weighted by Gasteiger charge is -2.04. The molecule has 0 aromatic carbocycles. The number of carboxylic acids is 1. The van der Waals surface area contributed by atoms with Crippen LogP contribution in [0.3, 0.4) is 0 Å². The summed E-state index contributed by atoms with van der Waals surface area (Å²) in [6, 6.07) is 0. The third-order valence-electron chi connectivity index (χ3n) is 2.03. The maximum Gasteiger partial charge on any atom is 0.411 e. The van der Waals surface area contributed by atoms with Gasteiger partial charge in [0.1, 0.15) is 13.2 Å². The van der Waals surface area contributed by atoms with E-state index in [4.69, 9.17) is 9.52 Å². The van der Waals surface area contributed by atoms with Gasteiger partial charge in [-0.25, -0.2) is 9.78 Å². The van der Waals surface area contributed by atoms with E-state index in [1.165, 1.54) is 0 Å². The molecule has 0 bridgehead atoms. The van der Waals surface area contributed by atoms with Gasteiger partial charge in [0.2, 0.25) is 11.7 Å². The Morgan fingerprint density at radius 2 is 2.11 bits per heavy atom. The Balaban J connectivity index is 2.72. The van der Waals surface area contributed by atoms with Crippen LogP contribution in [0.1, 0.15) is 36.0 Å². The lowest BCUT2D eigenvalue weighted by molar-refractivity contribution is -0.177. The van der Waals surface area contributed by atoms with Crippen LogP contribution >= 0.6 is 0 Å². The zero-order valence-electron chi connectivity index (χ0n) is 10.5. The quantitative estimate of drug-likeness (QED) is 0.867. The zero-order valence-corrected chi connectivity index (χ0v) is 10.5. The fraction of sp³-hybridized carbons (Fsp3) is 0.636. The third-order valence-corrected chi connectivity index (χ3v) is 2.03. The summed E-state index contributed by atoms with van der Waals surface area (Å²) in [5.41, 5.74) is 0.216. The van der Waals surface area contributed by atoms with E-state index in [1.807, 2.05) is 13.8 Å². The highest BCUT2D eigenvalue weighted by molar-refractivity contribution is 5.85. The Morgan fingerprint density at radius 1 is 1.47 bits per heavy atom. The molecule has 0 aliphatic carbocycles. The van der Waals surface area contributed by atoms with E-state index in [0.717, 1.165) is 0 Å². The van der Waals surface area contributed by atoms with Crippen LogP contribution in [0, 0.1) is 5.92 Å². The molecule has 0 saturated carbocycles. The number of aromatic carboxylic acids is 1. The summed E-state index contributed by atoms with van der Waals surface area (Å²) in [6.45, 7) is 1.77.